The Bertz CT molecular complexity index is 599. The van der Waals surface area contributed by atoms with E-state index in [4.69, 9.17) is 0 Å². The minimum atomic E-state index is -3.32. The van der Waals surface area contributed by atoms with Crippen LogP contribution in [0.25, 0.3) is 10.1 Å². The Kier molecular flexibility index (Phi) is 2.52. The number of sulfone groups is 1. The van der Waals surface area contributed by atoms with Crippen molar-refractivity contribution in [3.05, 3.63) is 41.2 Å². The zero-order chi connectivity index (χ0) is 11.1. The van der Waals surface area contributed by atoms with Gasteiger partial charge < -0.3 is 0 Å². The predicted octanol–water partition coefficient (Wildman–Crippen LogP) is 2.75. The Hall–Kier alpha value is -0.940. The van der Waals surface area contributed by atoms with Crippen molar-refractivity contribution in [2.45, 2.75) is 5.75 Å². The normalized spacial score (nSPS) is 12.1. The molecular weight excluding hydrogens is 235 g/mol. The molecule has 0 spiro atoms. The van der Waals surface area contributed by atoms with Crippen molar-refractivity contribution in [3.63, 3.8) is 0 Å². The molecular formula is C10H8FO2S2. The van der Waals surface area contributed by atoms with E-state index in [0.717, 1.165) is 4.70 Å². The molecule has 0 unspecified atom stereocenters. The van der Waals surface area contributed by atoms with E-state index >= 15 is 0 Å². The van der Waals surface area contributed by atoms with Crippen LogP contribution in [0.3, 0.4) is 0 Å². The molecule has 1 radical (unpaired) electrons. The van der Waals surface area contributed by atoms with Gasteiger partial charge >= 0.3 is 0 Å². The molecule has 0 saturated carbocycles. The van der Waals surface area contributed by atoms with Crippen molar-refractivity contribution in [1.29, 1.82) is 0 Å². The highest BCUT2D eigenvalue weighted by atomic mass is 32.2. The molecule has 0 aliphatic heterocycles. The molecule has 0 aliphatic carbocycles. The third kappa shape index (κ3) is 2.35. The molecule has 0 aliphatic rings. The summed E-state index contributed by atoms with van der Waals surface area (Å²) in [4.78, 5) is 0. The fraction of sp³-hybridized carbons (Fsp3) is 0.100. The van der Waals surface area contributed by atoms with Crippen LogP contribution in [0.1, 0.15) is 5.56 Å². The van der Waals surface area contributed by atoms with Gasteiger partial charge in [-0.2, -0.15) is 0 Å². The van der Waals surface area contributed by atoms with E-state index in [1.807, 2.05) is 0 Å². The Labute approximate surface area is 91.3 Å². The van der Waals surface area contributed by atoms with Gasteiger partial charge in [-0.1, -0.05) is 0 Å². The van der Waals surface area contributed by atoms with Gasteiger partial charge in [0.25, 0.3) is 0 Å². The van der Waals surface area contributed by atoms with Gasteiger partial charge in [0.05, 0.1) is 12.0 Å². The number of benzene rings is 1. The molecule has 0 saturated heterocycles. The molecule has 0 atom stereocenters. The summed E-state index contributed by atoms with van der Waals surface area (Å²) >= 11 is 1.40. The third-order valence-electron chi connectivity index (χ3n) is 1.99. The SMILES string of the molecule is [CH2]S(=O)(=O)Cc1csc2ccc(F)cc12. The van der Waals surface area contributed by atoms with Gasteiger partial charge in [0, 0.05) is 4.70 Å². The highest BCUT2D eigenvalue weighted by Crippen LogP contribution is 2.27. The second kappa shape index (κ2) is 3.57. The molecule has 79 valence electrons. The van der Waals surface area contributed by atoms with Crippen molar-refractivity contribution >= 4 is 31.3 Å². The lowest BCUT2D eigenvalue weighted by molar-refractivity contribution is 0.603. The van der Waals surface area contributed by atoms with Crippen LogP contribution in [0.4, 0.5) is 4.39 Å². The molecule has 0 fully saturated rings. The average molecular weight is 243 g/mol. The lowest BCUT2D eigenvalue weighted by Crippen LogP contribution is -1.97. The maximum absolute atomic E-state index is 13.0. The summed E-state index contributed by atoms with van der Waals surface area (Å²) in [5, 5.41) is 2.39. The van der Waals surface area contributed by atoms with Crippen LogP contribution in [0.5, 0.6) is 0 Å². The number of fused-ring (bicyclic) bond motifs is 1. The van der Waals surface area contributed by atoms with Gasteiger partial charge in [0.15, 0.2) is 9.84 Å². The largest absolute Gasteiger partial charge is 0.228 e. The van der Waals surface area contributed by atoms with E-state index in [-0.39, 0.29) is 11.6 Å². The van der Waals surface area contributed by atoms with Crippen molar-refractivity contribution in [1.82, 2.24) is 0 Å². The highest BCUT2D eigenvalue weighted by molar-refractivity contribution is 7.91. The van der Waals surface area contributed by atoms with Gasteiger partial charge in [0.1, 0.15) is 5.82 Å². The van der Waals surface area contributed by atoms with Gasteiger partial charge in [0.2, 0.25) is 0 Å². The van der Waals surface area contributed by atoms with Crippen molar-refractivity contribution in [3.8, 4) is 0 Å². The summed E-state index contributed by atoms with van der Waals surface area (Å²) in [5.41, 5.74) is 0.615. The van der Waals surface area contributed by atoms with Gasteiger partial charge in [-0.3, -0.25) is 0 Å². The van der Waals surface area contributed by atoms with E-state index < -0.39 is 9.84 Å². The highest BCUT2D eigenvalue weighted by Gasteiger charge is 2.10. The Morgan fingerprint density at radius 3 is 2.80 bits per heavy atom. The second-order valence-electron chi connectivity index (χ2n) is 3.29. The maximum Gasteiger partial charge on any atom is 0.155 e. The second-order valence-corrected chi connectivity index (χ2v) is 5.98. The van der Waals surface area contributed by atoms with Crippen LogP contribution in [-0.2, 0) is 15.6 Å². The molecule has 15 heavy (non-hydrogen) atoms. The monoisotopic (exact) mass is 243 g/mol. The first-order valence-corrected chi connectivity index (χ1v) is 6.87. The topological polar surface area (TPSA) is 34.1 Å². The van der Waals surface area contributed by atoms with Gasteiger partial charge in [-0.05, 0) is 34.5 Å². The zero-order valence-electron chi connectivity index (χ0n) is 7.73. The fourth-order valence-electron chi connectivity index (χ4n) is 1.40. The zero-order valence-corrected chi connectivity index (χ0v) is 9.37. The summed E-state index contributed by atoms with van der Waals surface area (Å²) < 4.78 is 35.9. The minimum absolute atomic E-state index is 0.142. The molecule has 1 aromatic carbocycles. The first-order valence-electron chi connectivity index (χ1n) is 4.17. The summed E-state index contributed by atoms with van der Waals surface area (Å²) in [6.07, 6.45) is 3.06. The minimum Gasteiger partial charge on any atom is -0.228 e. The van der Waals surface area contributed by atoms with E-state index in [1.165, 1.54) is 23.5 Å². The van der Waals surface area contributed by atoms with Crippen molar-refractivity contribution in [2.75, 3.05) is 0 Å². The smallest absolute Gasteiger partial charge is 0.155 e. The standard InChI is InChI=1S/C10H8FO2S2/c1-15(12,13)6-7-5-14-10-3-2-8(11)4-9(7)10/h2-5H,1,6H2. The average Bonchev–Trinajstić information content (AvgIpc) is 2.46. The van der Waals surface area contributed by atoms with Crippen molar-refractivity contribution < 1.29 is 12.8 Å². The predicted molar refractivity (Wildman–Crippen MR) is 59.8 cm³/mol. The van der Waals surface area contributed by atoms with Crippen LogP contribution in [-0.4, -0.2) is 8.42 Å². The van der Waals surface area contributed by atoms with E-state index in [1.54, 1.807) is 11.4 Å². The molecule has 2 nitrogen and oxygen atoms in total. The molecule has 2 aromatic rings. The first kappa shape index (κ1) is 10.6. The number of rotatable bonds is 2. The Balaban J connectivity index is 2.57. The molecule has 2 rings (SSSR count). The number of halogens is 1. The third-order valence-corrected chi connectivity index (χ3v) is 3.75. The quantitative estimate of drug-likeness (QED) is 0.812. The van der Waals surface area contributed by atoms with E-state index in [0.29, 0.717) is 10.9 Å². The Morgan fingerprint density at radius 1 is 1.40 bits per heavy atom. The van der Waals surface area contributed by atoms with Gasteiger partial charge in [-0.15, -0.1) is 11.3 Å². The van der Waals surface area contributed by atoms with Crippen LogP contribution < -0.4 is 0 Å². The molecule has 0 N–H and O–H groups in total. The van der Waals surface area contributed by atoms with E-state index in [9.17, 15) is 12.8 Å². The maximum atomic E-state index is 13.0. The first-order chi connectivity index (χ1) is 6.96. The fourth-order valence-corrected chi connectivity index (χ4v) is 3.16. The lowest BCUT2D eigenvalue weighted by atomic mass is 10.2. The van der Waals surface area contributed by atoms with Crippen LogP contribution in [0.2, 0.25) is 0 Å². The van der Waals surface area contributed by atoms with Crippen LogP contribution in [0, 0.1) is 12.1 Å². The summed E-state index contributed by atoms with van der Waals surface area (Å²) in [7, 11) is -3.32. The molecule has 1 aromatic heterocycles. The summed E-state index contributed by atoms with van der Waals surface area (Å²) in [5.74, 6) is -0.500. The van der Waals surface area contributed by atoms with Crippen LogP contribution >= 0.6 is 11.3 Å². The number of thiophene rings is 1. The van der Waals surface area contributed by atoms with Crippen LogP contribution in [0.15, 0.2) is 23.6 Å². The van der Waals surface area contributed by atoms with Crippen molar-refractivity contribution in [2.24, 2.45) is 0 Å². The Morgan fingerprint density at radius 2 is 2.13 bits per heavy atom. The van der Waals surface area contributed by atoms with Gasteiger partial charge in [-0.25, -0.2) is 12.8 Å². The number of hydrogen-bond donors (Lipinski definition) is 0. The number of hydrogen-bond acceptors (Lipinski definition) is 3. The lowest BCUT2D eigenvalue weighted by Gasteiger charge is -1.97. The molecule has 0 bridgehead atoms. The molecule has 5 heteroatoms. The summed E-state index contributed by atoms with van der Waals surface area (Å²) in [6, 6.07) is 4.36. The molecule has 1 heterocycles. The molecule has 0 amide bonds. The van der Waals surface area contributed by atoms with E-state index in [2.05, 4.69) is 6.26 Å². The summed E-state index contributed by atoms with van der Waals surface area (Å²) in [6.45, 7) is 0.